The summed E-state index contributed by atoms with van der Waals surface area (Å²) in [6.45, 7) is 2.35. The third-order valence-corrected chi connectivity index (χ3v) is 6.20. The van der Waals surface area contributed by atoms with Crippen LogP contribution >= 0.6 is 23.2 Å². The van der Waals surface area contributed by atoms with Crippen LogP contribution in [0.3, 0.4) is 0 Å². The van der Waals surface area contributed by atoms with Crippen molar-refractivity contribution in [1.82, 2.24) is 10.3 Å². The molecule has 4 rings (SSSR count). The molecule has 178 valence electrons. The molecule has 4 aromatic rings. The maximum absolute atomic E-state index is 14.2. The molecule has 0 bridgehead atoms. The fraction of sp³-hybridized carbons (Fsp3) is 0.143. The van der Waals surface area contributed by atoms with E-state index in [-0.39, 0.29) is 22.4 Å². The molecule has 35 heavy (non-hydrogen) atoms. The highest BCUT2D eigenvalue weighted by Crippen LogP contribution is 2.32. The van der Waals surface area contributed by atoms with Crippen molar-refractivity contribution in [3.8, 4) is 5.75 Å². The number of nitrogens with zero attached hydrogens (tertiary/aromatic N) is 1. The molecule has 1 aromatic heterocycles. The second kappa shape index (κ2) is 11.3. The summed E-state index contributed by atoms with van der Waals surface area (Å²) < 4.78 is 20.1. The summed E-state index contributed by atoms with van der Waals surface area (Å²) in [7, 11) is 0. The summed E-state index contributed by atoms with van der Waals surface area (Å²) >= 11 is 12.2. The third kappa shape index (κ3) is 6.38. The molecule has 0 aliphatic rings. The van der Waals surface area contributed by atoms with E-state index in [9.17, 15) is 9.18 Å². The molecule has 1 N–H and O–H groups in total. The van der Waals surface area contributed by atoms with Crippen molar-refractivity contribution in [1.29, 1.82) is 0 Å². The van der Waals surface area contributed by atoms with Crippen LogP contribution in [0.15, 0.2) is 85.1 Å². The van der Waals surface area contributed by atoms with Crippen LogP contribution < -0.4 is 10.1 Å². The first-order valence-corrected chi connectivity index (χ1v) is 11.8. The molecule has 0 saturated carbocycles. The molecule has 4 nitrogen and oxygen atoms in total. The minimum atomic E-state index is -0.631. The van der Waals surface area contributed by atoms with Gasteiger partial charge in [-0.1, -0.05) is 71.7 Å². The maximum Gasteiger partial charge on any atom is 0.225 e. The Hall–Kier alpha value is -3.41. The molecule has 0 aliphatic carbocycles. The van der Waals surface area contributed by atoms with Crippen LogP contribution in [0.4, 0.5) is 4.39 Å². The van der Waals surface area contributed by atoms with Crippen molar-refractivity contribution in [2.75, 3.05) is 0 Å². The predicted molar refractivity (Wildman–Crippen MR) is 136 cm³/mol. The van der Waals surface area contributed by atoms with E-state index in [1.807, 2.05) is 73.7 Å². The molecule has 0 spiro atoms. The lowest BCUT2D eigenvalue weighted by Crippen LogP contribution is -2.30. The number of pyridine rings is 1. The largest absolute Gasteiger partial charge is 0.489 e. The Labute approximate surface area is 213 Å². The van der Waals surface area contributed by atoms with E-state index in [2.05, 4.69) is 10.3 Å². The molecule has 0 radical (unpaired) electrons. The third-order valence-electron chi connectivity index (χ3n) is 5.59. The van der Waals surface area contributed by atoms with Gasteiger partial charge in [0.15, 0.2) is 0 Å². The number of hydrogen-bond donors (Lipinski definition) is 1. The van der Waals surface area contributed by atoms with E-state index >= 15 is 0 Å². The average molecular weight is 509 g/mol. The number of nitrogens with one attached hydrogen (secondary N) is 1. The van der Waals surface area contributed by atoms with Crippen molar-refractivity contribution in [3.63, 3.8) is 0 Å². The molecule has 1 amide bonds. The van der Waals surface area contributed by atoms with Gasteiger partial charge in [-0.2, -0.15) is 0 Å². The van der Waals surface area contributed by atoms with Crippen molar-refractivity contribution in [2.24, 2.45) is 0 Å². The van der Waals surface area contributed by atoms with Gasteiger partial charge in [-0.3, -0.25) is 9.78 Å². The summed E-state index contributed by atoms with van der Waals surface area (Å²) in [5, 5.41) is 3.18. The van der Waals surface area contributed by atoms with Crippen LogP contribution in [0.1, 0.15) is 34.0 Å². The topological polar surface area (TPSA) is 51.2 Å². The van der Waals surface area contributed by atoms with E-state index in [4.69, 9.17) is 27.9 Å². The minimum Gasteiger partial charge on any atom is -0.489 e. The van der Waals surface area contributed by atoms with Crippen molar-refractivity contribution < 1.29 is 13.9 Å². The number of amides is 1. The van der Waals surface area contributed by atoms with Gasteiger partial charge in [0.1, 0.15) is 18.2 Å². The number of rotatable bonds is 8. The van der Waals surface area contributed by atoms with Gasteiger partial charge in [0, 0.05) is 28.0 Å². The maximum atomic E-state index is 14.2. The molecule has 0 saturated heterocycles. The first-order valence-electron chi connectivity index (χ1n) is 11.0. The molecular formula is C28H23Cl2FN2O2. The number of ether oxygens (including phenoxy) is 1. The smallest absolute Gasteiger partial charge is 0.225 e. The monoisotopic (exact) mass is 508 g/mol. The normalized spacial score (nSPS) is 11.7. The summed E-state index contributed by atoms with van der Waals surface area (Å²) in [5.74, 6) is -0.133. The number of carbonyl (C=O) groups is 1. The van der Waals surface area contributed by atoms with Gasteiger partial charge in [0.25, 0.3) is 0 Å². The number of hydrogen-bond acceptors (Lipinski definition) is 3. The Balaban J connectivity index is 1.45. The first kappa shape index (κ1) is 24.7. The lowest BCUT2D eigenvalue weighted by Gasteiger charge is -2.21. The zero-order valence-corrected chi connectivity index (χ0v) is 20.5. The highest BCUT2D eigenvalue weighted by molar-refractivity contribution is 6.35. The van der Waals surface area contributed by atoms with E-state index in [1.54, 1.807) is 6.20 Å². The Morgan fingerprint density at radius 2 is 1.74 bits per heavy atom. The number of benzene rings is 3. The molecule has 0 fully saturated rings. The zero-order valence-electron chi connectivity index (χ0n) is 19.0. The quantitative estimate of drug-likeness (QED) is 0.264. The number of halogens is 3. The SMILES string of the molecule is Cc1ncccc1COc1ccc(CC(=O)NC(c2ccccc2)c2cc(F)c(Cl)cc2Cl)cc1. The highest BCUT2D eigenvalue weighted by atomic mass is 35.5. The first-order chi connectivity index (χ1) is 16.9. The van der Waals surface area contributed by atoms with Crippen LogP contribution in [0, 0.1) is 12.7 Å². The Morgan fingerprint density at radius 1 is 1.00 bits per heavy atom. The fourth-order valence-corrected chi connectivity index (χ4v) is 4.17. The highest BCUT2D eigenvalue weighted by Gasteiger charge is 2.21. The molecule has 3 aromatic carbocycles. The van der Waals surface area contributed by atoms with Crippen LogP contribution in [0.2, 0.25) is 10.0 Å². The second-order valence-electron chi connectivity index (χ2n) is 8.06. The lowest BCUT2D eigenvalue weighted by molar-refractivity contribution is -0.120. The van der Waals surface area contributed by atoms with Crippen molar-refractivity contribution in [3.05, 3.63) is 129 Å². The van der Waals surface area contributed by atoms with E-state index in [0.29, 0.717) is 17.9 Å². The van der Waals surface area contributed by atoms with E-state index in [1.165, 1.54) is 12.1 Å². The van der Waals surface area contributed by atoms with Gasteiger partial charge >= 0.3 is 0 Å². The zero-order chi connectivity index (χ0) is 24.8. The molecule has 1 atom stereocenters. The number of carbonyl (C=O) groups excluding carboxylic acids is 1. The Bertz CT molecular complexity index is 1310. The van der Waals surface area contributed by atoms with E-state index in [0.717, 1.165) is 22.4 Å². The Kier molecular flexibility index (Phi) is 8.01. The molecule has 1 unspecified atom stereocenters. The van der Waals surface area contributed by atoms with Crippen molar-refractivity contribution >= 4 is 29.1 Å². The predicted octanol–water partition coefficient (Wildman–Crippen LogP) is 6.86. The summed E-state index contributed by atoms with van der Waals surface area (Å²) in [4.78, 5) is 17.2. The van der Waals surface area contributed by atoms with Crippen LogP contribution in [-0.2, 0) is 17.8 Å². The fourth-order valence-electron chi connectivity index (χ4n) is 3.68. The van der Waals surface area contributed by atoms with Gasteiger partial charge in [-0.15, -0.1) is 0 Å². The van der Waals surface area contributed by atoms with Gasteiger partial charge in [-0.25, -0.2) is 4.39 Å². The molecule has 1 heterocycles. The molecule has 0 aliphatic heterocycles. The minimum absolute atomic E-state index is 0.0714. The van der Waals surface area contributed by atoms with E-state index < -0.39 is 11.9 Å². The van der Waals surface area contributed by atoms with Crippen LogP contribution in [-0.4, -0.2) is 10.9 Å². The van der Waals surface area contributed by atoms with Crippen LogP contribution in [0.5, 0.6) is 5.75 Å². The second-order valence-corrected chi connectivity index (χ2v) is 8.87. The Morgan fingerprint density at radius 3 is 2.46 bits per heavy atom. The van der Waals surface area contributed by atoms with Gasteiger partial charge in [0.05, 0.1) is 17.5 Å². The summed E-state index contributed by atoms with van der Waals surface area (Å²) in [6, 6.07) is 22.4. The van der Waals surface area contributed by atoms with Gasteiger partial charge in [-0.05, 0) is 48.4 Å². The molecule has 7 heteroatoms. The lowest BCUT2D eigenvalue weighted by atomic mass is 9.98. The van der Waals surface area contributed by atoms with Gasteiger partial charge < -0.3 is 10.1 Å². The summed E-state index contributed by atoms with van der Waals surface area (Å²) in [6.07, 6.45) is 1.89. The average Bonchev–Trinajstić information content (AvgIpc) is 2.86. The molecular weight excluding hydrogens is 486 g/mol. The summed E-state index contributed by atoms with van der Waals surface area (Å²) in [5.41, 5.74) is 3.96. The van der Waals surface area contributed by atoms with Crippen LogP contribution in [0.25, 0.3) is 0 Å². The number of aromatic nitrogens is 1. The number of aryl methyl sites for hydroxylation is 1. The van der Waals surface area contributed by atoms with Crippen molar-refractivity contribution in [2.45, 2.75) is 26.0 Å². The van der Waals surface area contributed by atoms with Gasteiger partial charge in [0.2, 0.25) is 5.91 Å². The standard InChI is InChI=1S/C28H23Cl2FN2O2/c1-18-21(8-5-13-32-18)17-35-22-11-9-19(10-12-22)14-27(34)33-28(20-6-3-2-4-7-20)23-15-26(31)25(30)16-24(23)29/h2-13,15-16,28H,14,17H2,1H3,(H,33,34).